The summed E-state index contributed by atoms with van der Waals surface area (Å²) in [5, 5.41) is 5.73. The summed E-state index contributed by atoms with van der Waals surface area (Å²) in [5.41, 5.74) is 1.43. The van der Waals surface area contributed by atoms with Gasteiger partial charge in [-0.3, -0.25) is 14.5 Å². The van der Waals surface area contributed by atoms with Gasteiger partial charge in [0.1, 0.15) is 0 Å². The molecule has 1 fully saturated rings. The summed E-state index contributed by atoms with van der Waals surface area (Å²) in [6, 6.07) is 7.85. The van der Waals surface area contributed by atoms with E-state index in [1.54, 1.807) is 6.07 Å². The minimum atomic E-state index is -0.118. The van der Waals surface area contributed by atoms with Crippen LogP contribution in [0.25, 0.3) is 0 Å². The standard InChI is InChI=1S/C20H27N3O2/c1-15(24)21-17-6-5-7-18(14-17)22-20(25)16-10-12-23(13-11-16)19-8-3-2-4-9-19/h3,5-8,14,16,19H,2,4,9-13H2,1H3,(H,21,24)(H,22,25). The summed E-state index contributed by atoms with van der Waals surface area (Å²) < 4.78 is 0. The maximum atomic E-state index is 12.6. The lowest BCUT2D eigenvalue weighted by Gasteiger charge is -2.37. The van der Waals surface area contributed by atoms with Crippen LogP contribution in [0.5, 0.6) is 0 Å². The molecule has 0 saturated carbocycles. The van der Waals surface area contributed by atoms with Gasteiger partial charge in [0.05, 0.1) is 0 Å². The van der Waals surface area contributed by atoms with Gasteiger partial charge in [-0.1, -0.05) is 18.2 Å². The van der Waals surface area contributed by atoms with Gasteiger partial charge >= 0.3 is 0 Å². The molecular formula is C20H27N3O2. The Kier molecular flexibility index (Phi) is 5.87. The SMILES string of the molecule is CC(=O)Nc1cccc(NC(=O)C2CCN(C3C=CCCC3)CC2)c1. The van der Waals surface area contributed by atoms with E-state index in [2.05, 4.69) is 27.7 Å². The van der Waals surface area contributed by atoms with Crippen molar-refractivity contribution < 1.29 is 9.59 Å². The van der Waals surface area contributed by atoms with Crippen molar-refractivity contribution in [1.29, 1.82) is 0 Å². The van der Waals surface area contributed by atoms with Gasteiger partial charge < -0.3 is 10.6 Å². The molecule has 134 valence electrons. The molecule has 0 spiro atoms. The highest BCUT2D eigenvalue weighted by Gasteiger charge is 2.28. The van der Waals surface area contributed by atoms with Gasteiger partial charge in [-0.05, 0) is 63.4 Å². The van der Waals surface area contributed by atoms with E-state index >= 15 is 0 Å². The highest BCUT2D eigenvalue weighted by molar-refractivity contribution is 5.94. The maximum Gasteiger partial charge on any atom is 0.227 e. The van der Waals surface area contributed by atoms with Crippen LogP contribution in [0.4, 0.5) is 11.4 Å². The third-order valence-electron chi connectivity index (χ3n) is 5.05. The Labute approximate surface area is 149 Å². The van der Waals surface area contributed by atoms with Crippen LogP contribution in [0.15, 0.2) is 36.4 Å². The summed E-state index contributed by atoms with van der Waals surface area (Å²) in [7, 11) is 0. The van der Waals surface area contributed by atoms with Crippen LogP contribution in [0, 0.1) is 5.92 Å². The summed E-state index contributed by atoms with van der Waals surface area (Å²) >= 11 is 0. The van der Waals surface area contributed by atoms with Gasteiger partial charge in [0, 0.05) is 30.3 Å². The summed E-state index contributed by atoms with van der Waals surface area (Å²) in [5.74, 6) is 0.0275. The van der Waals surface area contributed by atoms with Crippen LogP contribution >= 0.6 is 0 Å². The zero-order valence-corrected chi connectivity index (χ0v) is 14.8. The molecule has 5 heteroatoms. The molecule has 0 radical (unpaired) electrons. The first kappa shape index (κ1) is 17.7. The van der Waals surface area contributed by atoms with E-state index in [0.29, 0.717) is 11.7 Å². The van der Waals surface area contributed by atoms with Crippen LogP contribution in [0.2, 0.25) is 0 Å². The van der Waals surface area contributed by atoms with Crippen LogP contribution in [-0.2, 0) is 9.59 Å². The van der Waals surface area contributed by atoms with E-state index in [1.165, 1.54) is 26.2 Å². The number of likely N-dealkylation sites (tertiary alicyclic amines) is 1. The number of anilines is 2. The Morgan fingerprint density at radius 1 is 1.08 bits per heavy atom. The fraction of sp³-hybridized carbons (Fsp3) is 0.500. The minimum absolute atomic E-state index is 0.0632. The van der Waals surface area contributed by atoms with E-state index in [-0.39, 0.29) is 17.7 Å². The van der Waals surface area contributed by atoms with Crippen molar-refractivity contribution >= 4 is 23.2 Å². The molecule has 1 aromatic rings. The molecule has 2 aliphatic rings. The first-order valence-corrected chi connectivity index (χ1v) is 9.21. The highest BCUT2D eigenvalue weighted by atomic mass is 16.2. The number of piperidine rings is 1. The summed E-state index contributed by atoms with van der Waals surface area (Å²) in [6.07, 6.45) is 10.1. The van der Waals surface area contributed by atoms with Crippen molar-refractivity contribution in [3.05, 3.63) is 36.4 Å². The third-order valence-corrected chi connectivity index (χ3v) is 5.05. The zero-order valence-electron chi connectivity index (χ0n) is 14.8. The second kappa shape index (κ2) is 8.30. The monoisotopic (exact) mass is 341 g/mol. The van der Waals surface area contributed by atoms with E-state index in [1.807, 2.05) is 18.2 Å². The Morgan fingerprint density at radius 2 is 1.80 bits per heavy atom. The lowest BCUT2D eigenvalue weighted by atomic mass is 9.92. The number of benzene rings is 1. The Morgan fingerprint density at radius 3 is 2.44 bits per heavy atom. The third kappa shape index (κ3) is 4.92. The fourth-order valence-electron chi connectivity index (χ4n) is 3.71. The second-order valence-electron chi connectivity index (χ2n) is 6.99. The molecule has 1 unspecified atom stereocenters. The van der Waals surface area contributed by atoms with E-state index in [4.69, 9.17) is 0 Å². The van der Waals surface area contributed by atoms with Crippen molar-refractivity contribution in [3.8, 4) is 0 Å². The number of carbonyl (C=O) groups excluding carboxylic acids is 2. The number of nitrogens with zero attached hydrogens (tertiary/aromatic N) is 1. The van der Waals surface area contributed by atoms with Crippen LogP contribution in [0.1, 0.15) is 39.0 Å². The topological polar surface area (TPSA) is 61.4 Å². The molecule has 1 heterocycles. The van der Waals surface area contributed by atoms with Gasteiger partial charge in [-0.15, -0.1) is 0 Å². The molecule has 1 aliphatic heterocycles. The number of amides is 2. The Balaban J connectivity index is 1.52. The van der Waals surface area contributed by atoms with E-state index in [9.17, 15) is 9.59 Å². The molecule has 0 aromatic heterocycles. The molecule has 3 rings (SSSR count). The minimum Gasteiger partial charge on any atom is -0.326 e. The van der Waals surface area contributed by atoms with Crippen LogP contribution < -0.4 is 10.6 Å². The van der Waals surface area contributed by atoms with Crippen LogP contribution in [-0.4, -0.2) is 35.8 Å². The normalized spacial score (nSPS) is 21.7. The molecule has 1 atom stereocenters. The van der Waals surface area contributed by atoms with Crippen molar-refractivity contribution in [2.24, 2.45) is 5.92 Å². The lowest BCUT2D eigenvalue weighted by molar-refractivity contribution is -0.121. The quantitative estimate of drug-likeness (QED) is 0.825. The molecule has 2 N–H and O–H groups in total. The number of rotatable bonds is 4. The molecule has 2 amide bonds. The highest BCUT2D eigenvalue weighted by Crippen LogP contribution is 2.25. The van der Waals surface area contributed by atoms with E-state index < -0.39 is 0 Å². The number of hydrogen-bond acceptors (Lipinski definition) is 3. The number of allylic oxidation sites excluding steroid dienone is 1. The lowest BCUT2D eigenvalue weighted by Crippen LogP contribution is -2.43. The first-order chi connectivity index (χ1) is 12.1. The largest absolute Gasteiger partial charge is 0.326 e. The molecule has 1 aliphatic carbocycles. The number of carbonyl (C=O) groups is 2. The predicted molar refractivity (Wildman–Crippen MR) is 100 cm³/mol. The van der Waals surface area contributed by atoms with Crippen molar-refractivity contribution in [1.82, 2.24) is 4.90 Å². The van der Waals surface area contributed by atoms with Gasteiger partial charge in [0.25, 0.3) is 0 Å². The van der Waals surface area contributed by atoms with Crippen molar-refractivity contribution in [2.45, 2.75) is 45.1 Å². The van der Waals surface area contributed by atoms with Gasteiger partial charge in [0.2, 0.25) is 11.8 Å². The molecule has 0 bridgehead atoms. The molecule has 1 aromatic carbocycles. The number of hydrogen-bond donors (Lipinski definition) is 2. The van der Waals surface area contributed by atoms with Crippen molar-refractivity contribution in [3.63, 3.8) is 0 Å². The van der Waals surface area contributed by atoms with Crippen LogP contribution in [0.3, 0.4) is 0 Å². The molecular weight excluding hydrogens is 314 g/mol. The number of nitrogens with one attached hydrogen (secondary N) is 2. The van der Waals surface area contributed by atoms with E-state index in [0.717, 1.165) is 31.6 Å². The average molecular weight is 341 g/mol. The zero-order chi connectivity index (χ0) is 17.6. The average Bonchev–Trinajstić information content (AvgIpc) is 2.62. The second-order valence-corrected chi connectivity index (χ2v) is 6.99. The summed E-state index contributed by atoms with van der Waals surface area (Å²) in [4.78, 5) is 26.2. The molecule has 5 nitrogen and oxygen atoms in total. The van der Waals surface area contributed by atoms with Gasteiger partial charge in [-0.25, -0.2) is 0 Å². The summed E-state index contributed by atoms with van der Waals surface area (Å²) in [6.45, 7) is 3.44. The fourth-order valence-corrected chi connectivity index (χ4v) is 3.71. The predicted octanol–water partition coefficient (Wildman–Crippen LogP) is 3.40. The van der Waals surface area contributed by atoms with Gasteiger partial charge in [0.15, 0.2) is 0 Å². The maximum absolute atomic E-state index is 12.6. The molecule has 1 saturated heterocycles. The Hall–Kier alpha value is -2.14. The van der Waals surface area contributed by atoms with Gasteiger partial charge in [-0.2, -0.15) is 0 Å². The molecule has 25 heavy (non-hydrogen) atoms. The first-order valence-electron chi connectivity index (χ1n) is 9.21. The van der Waals surface area contributed by atoms with Crippen molar-refractivity contribution in [2.75, 3.05) is 23.7 Å². The smallest absolute Gasteiger partial charge is 0.227 e. The Bertz CT molecular complexity index is 648.